The number of hydrogen-bond donors (Lipinski definition) is 0. The van der Waals surface area contributed by atoms with Gasteiger partial charge in [0, 0.05) is 56.4 Å². The number of carbonyl (C=O) groups excluding carboxylic acids is 1. The number of rotatable bonds is 4. The summed E-state index contributed by atoms with van der Waals surface area (Å²) in [5.74, 6) is -0.513. The lowest BCUT2D eigenvalue weighted by molar-refractivity contribution is 0.0746. The van der Waals surface area contributed by atoms with Gasteiger partial charge in [-0.25, -0.2) is 18.4 Å². The summed E-state index contributed by atoms with van der Waals surface area (Å²) < 4.78 is 28.5. The predicted octanol–water partition coefficient (Wildman–Crippen LogP) is 3.57. The van der Waals surface area contributed by atoms with E-state index in [1.165, 1.54) is 16.8 Å². The van der Waals surface area contributed by atoms with Gasteiger partial charge in [0.2, 0.25) is 0 Å². The number of hydrogen-bond acceptors (Lipinski definition) is 5. The Morgan fingerprint density at radius 1 is 0.909 bits per heavy atom. The predicted molar refractivity (Wildman–Crippen MR) is 119 cm³/mol. The van der Waals surface area contributed by atoms with Gasteiger partial charge in [-0.15, -0.1) is 0 Å². The molecule has 0 N–H and O–H groups in total. The van der Waals surface area contributed by atoms with Crippen LogP contribution in [-0.2, 0) is 0 Å². The van der Waals surface area contributed by atoms with Gasteiger partial charge in [-0.2, -0.15) is 5.10 Å². The third-order valence-electron chi connectivity index (χ3n) is 5.59. The number of piperazine rings is 1. The number of anilines is 1. The highest BCUT2D eigenvalue weighted by Crippen LogP contribution is 2.21. The molecule has 7 nitrogen and oxygen atoms in total. The van der Waals surface area contributed by atoms with Crippen LogP contribution in [-0.4, -0.2) is 56.7 Å². The monoisotopic (exact) mass is 446 g/mol. The average molecular weight is 446 g/mol. The summed E-state index contributed by atoms with van der Waals surface area (Å²) in [7, 11) is 0. The van der Waals surface area contributed by atoms with Gasteiger partial charge in [-0.05, 0) is 36.4 Å². The molecule has 0 unspecified atom stereocenters. The summed E-state index contributed by atoms with van der Waals surface area (Å²) in [4.78, 5) is 25.6. The Labute approximate surface area is 188 Å². The molecule has 5 rings (SSSR count). The fraction of sp³-hybridized carbons (Fsp3) is 0.167. The van der Waals surface area contributed by atoms with Crippen LogP contribution in [0.2, 0.25) is 0 Å². The van der Waals surface area contributed by atoms with Gasteiger partial charge in [-0.1, -0.05) is 6.07 Å². The van der Waals surface area contributed by atoms with Crippen molar-refractivity contribution in [1.82, 2.24) is 24.6 Å². The molecule has 3 aromatic heterocycles. The molecular weight excluding hydrogens is 426 g/mol. The van der Waals surface area contributed by atoms with Crippen LogP contribution < -0.4 is 4.90 Å². The number of halogens is 2. The van der Waals surface area contributed by atoms with E-state index in [9.17, 15) is 13.6 Å². The zero-order valence-electron chi connectivity index (χ0n) is 17.6. The third kappa shape index (κ3) is 4.30. The summed E-state index contributed by atoms with van der Waals surface area (Å²) in [5.41, 5.74) is 1.89. The lowest BCUT2D eigenvalue weighted by Crippen LogP contribution is -2.49. The van der Waals surface area contributed by atoms with E-state index in [0.29, 0.717) is 43.0 Å². The maximum atomic E-state index is 14.0. The first kappa shape index (κ1) is 20.7. The average Bonchev–Trinajstić information content (AvgIpc) is 3.34. The van der Waals surface area contributed by atoms with Crippen molar-refractivity contribution in [2.75, 3.05) is 31.1 Å². The highest BCUT2D eigenvalue weighted by atomic mass is 19.1. The molecule has 1 fully saturated rings. The number of aromatic nitrogens is 4. The molecule has 0 aliphatic carbocycles. The molecule has 166 valence electrons. The van der Waals surface area contributed by atoms with Crippen LogP contribution in [0.15, 0.2) is 73.3 Å². The van der Waals surface area contributed by atoms with E-state index in [1.807, 2.05) is 23.1 Å². The molecule has 1 aliphatic rings. The fourth-order valence-corrected chi connectivity index (χ4v) is 3.81. The van der Waals surface area contributed by atoms with Crippen molar-refractivity contribution >= 4 is 11.7 Å². The van der Waals surface area contributed by atoms with E-state index in [-0.39, 0.29) is 11.6 Å². The third-order valence-corrected chi connectivity index (χ3v) is 5.59. The highest BCUT2D eigenvalue weighted by Gasteiger charge is 2.23. The fourth-order valence-electron chi connectivity index (χ4n) is 3.81. The second-order valence-corrected chi connectivity index (χ2v) is 7.67. The van der Waals surface area contributed by atoms with Crippen LogP contribution in [0.5, 0.6) is 0 Å². The maximum Gasteiger partial charge on any atom is 0.255 e. The lowest BCUT2D eigenvalue weighted by atomic mass is 10.1. The van der Waals surface area contributed by atoms with Crippen molar-refractivity contribution in [1.29, 1.82) is 0 Å². The Balaban J connectivity index is 1.25. The number of nitrogens with zero attached hydrogens (tertiary/aromatic N) is 6. The standard InChI is InChI=1S/C24H20F2N6O/c25-19-5-7-22(20(26)13-19)32-16-18(15-29-32)21-6-4-17(14-28-21)24(33)31-11-9-30(10-12-31)23-3-1-2-8-27-23/h1-8,13-16H,9-12H2. The maximum absolute atomic E-state index is 14.0. The van der Waals surface area contributed by atoms with Crippen molar-refractivity contribution < 1.29 is 13.6 Å². The number of pyridine rings is 2. The second-order valence-electron chi connectivity index (χ2n) is 7.67. The molecule has 0 saturated carbocycles. The van der Waals surface area contributed by atoms with Crippen LogP contribution in [0.4, 0.5) is 14.6 Å². The van der Waals surface area contributed by atoms with E-state index in [1.54, 1.807) is 36.9 Å². The largest absolute Gasteiger partial charge is 0.353 e. The molecule has 0 atom stereocenters. The van der Waals surface area contributed by atoms with Gasteiger partial charge >= 0.3 is 0 Å². The molecule has 1 amide bonds. The molecule has 4 aromatic rings. The number of benzene rings is 1. The van der Waals surface area contributed by atoms with Gasteiger partial charge < -0.3 is 9.80 Å². The molecule has 1 saturated heterocycles. The minimum atomic E-state index is -0.707. The smallest absolute Gasteiger partial charge is 0.255 e. The molecule has 0 bridgehead atoms. The summed E-state index contributed by atoms with van der Waals surface area (Å²) in [6.07, 6.45) is 6.46. The molecule has 9 heteroatoms. The van der Waals surface area contributed by atoms with Crippen LogP contribution in [0.3, 0.4) is 0 Å². The van der Waals surface area contributed by atoms with E-state index in [2.05, 4.69) is 20.0 Å². The Kier molecular flexibility index (Phi) is 5.52. The van der Waals surface area contributed by atoms with Gasteiger partial charge in [0.25, 0.3) is 5.91 Å². The van der Waals surface area contributed by atoms with Crippen molar-refractivity contribution in [3.05, 3.63) is 90.5 Å². The number of carbonyl (C=O) groups is 1. The molecule has 4 heterocycles. The van der Waals surface area contributed by atoms with Crippen LogP contribution in [0, 0.1) is 11.6 Å². The topological polar surface area (TPSA) is 67.2 Å². The van der Waals surface area contributed by atoms with Crippen molar-refractivity contribution in [2.24, 2.45) is 0 Å². The van der Waals surface area contributed by atoms with E-state index < -0.39 is 11.6 Å². The Morgan fingerprint density at radius 3 is 2.45 bits per heavy atom. The zero-order valence-corrected chi connectivity index (χ0v) is 17.6. The van der Waals surface area contributed by atoms with Gasteiger partial charge in [0.15, 0.2) is 5.82 Å². The van der Waals surface area contributed by atoms with Crippen LogP contribution >= 0.6 is 0 Å². The van der Waals surface area contributed by atoms with Crippen molar-refractivity contribution in [3.63, 3.8) is 0 Å². The summed E-state index contributed by atoms with van der Waals surface area (Å²) >= 11 is 0. The van der Waals surface area contributed by atoms with Crippen LogP contribution in [0.1, 0.15) is 10.4 Å². The molecule has 33 heavy (non-hydrogen) atoms. The Morgan fingerprint density at radius 2 is 1.76 bits per heavy atom. The first-order chi connectivity index (χ1) is 16.1. The summed E-state index contributed by atoms with van der Waals surface area (Å²) in [6, 6.07) is 12.6. The van der Waals surface area contributed by atoms with Gasteiger partial charge in [0.05, 0.1) is 17.5 Å². The summed E-state index contributed by atoms with van der Waals surface area (Å²) in [5, 5.41) is 4.15. The zero-order chi connectivity index (χ0) is 22.8. The first-order valence-corrected chi connectivity index (χ1v) is 10.5. The van der Waals surface area contributed by atoms with Crippen molar-refractivity contribution in [3.8, 4) is 16.9 Å². The van der Waals surface area contributed by atoms with Gasteiger partial charge in [0.1, 0.15) is 17.3 Å². The van der Waals surface area contributed by atoms with Gasteiger partial charge in [-0.3, -0.25) is 9.78 Å². The second kappa shape index (κ2) is 8.78. The normalized spacial score (nSPS) is 13.9. The minimum Gasteiger partial charge on any atom is -0.353 e. The Bertz CT molecular complexity index is 1270. The number of amides is 1. The molecule has 0 radical (unpaired) electrons. The van der Waals surface area contributed by atoms with Crippen molar-refractivity contribution in [2.45, 2.75) is 0 Å². The van der Waals surface area contributed by atoms with E-state index in [4.69, 9.17) is 0 Å². The highest BCUT2D eigenvalue weighted by molar-refractivity contribution is 5.94. The molecular formula is C24H20F2N6O. The minimum absolute atomic E-state index is 0.0706. The molecule has 1 aromatic carbocycles. The molecule has 1 aliphatic heterocycles. The lowest BCUT2D eigenvalue weighted by Gasteiger charge is -2.35. The molecule has 0 spiro atoms. The Hall–Kier alpha value is -4.14. The van der Waals surface area contributed by atoms with E-state index in [0.717, 1.165) is 11.9 Å². The van der Waals surface area contributed by atoms with Crippen LogP contribution in [0.25, 0.3) is 16.9 Å². The summed E-state index contributed by atoms with van der Waals surface area (Å²) in [6.45, 7) is 2.64. The van der Waals surface area contributed by atoms with E-state index >= 15 is 0 Å². The quantitative estimate of drug-likeness (QED) is 0.480. The first-order valence-electron chi connectivity index (χ1n) is 10.5. The SMILES string of the molecule is O=C(c1ccc(-c2cnn(-c3ccc(F)cc3F)c2)nc1)N1CCN(c2ccccn2)CC1.